The maximum absolute atomic E-state index is 12.0. The number of rotatable bonds is 32. The lowest BCUT2D eigenvalue weighted by Crippen LogP contribution is -2.25. The molecular weight excluding hydrogens is 596 g/mol. The standard InChI is InChI=1S/C43H68O5/c1-3-5-7-9-11-13-15-17-19-20-21-22-24-26-28-30-32-34-36-38-43(46)48-40-41(44)39-47-42(45)37-35-33-31-29-27-25-23-18-16-14-12-10-8-6-4-2/h5-8,11-14,17-19,21-23,26,28,41,44H,3-4,9-10,15-16,20,24-25,27,29-40H2,1-2H3/b7-5-,8-6-,13-11-,14-12-,19-17-,22-21-,23-18-,28-26-/t41-/m1/s1. The Hall–Kier alpha value is -3.18. The first-order chi connectivity index (χ1) is 23.6. The number of esters is 2. The molecule has 0 saturated carbocycles. The molecule has 48 heavy (non-hydrogen) atoms. The zero-order chi connectivity index (χ0) is 35.0. The first kappa shape index (κ1) is 44.8. The molecule has 0 heterocycles. The van der Waals surface area contributed by atoms with Crippen molar-refractivity contribution in [3.63, 3.8) is 0 Å². The zero-order valence-electron chi connectivity index (χ0n) is 30.5. The van der Waals surface area contributed by atoms with Crippen LogP contribution in [0.25, 0.3) is 0 Å². The number of aliphatic hydroxyl groups is 1. The van der Waals surface area contributed by atoms with Gasteiger partial charge in [0.2, 0.25) is 0 Å². The third-order valence-electron chi connectivity index (χ3n) is 7.31. The van der Waals surface area contributed by atoms with E-state index in [-0.39, 0.29) is 25.2 Å². The number of ether oxygens (including phenoxy) is 2. The zero-order valence-corrected chi connectivity index (χ0v) is 30.5. The second-order valence-electron chi connectivity index (χ2n) is 11.9. The van der Waals surface area contributed by atoms with E-state index in [4.69, 9.17) is 9.47 Å². The van der Waals surface area contributed by atoms with Gasteiger partial charge in [0, 0.05) is 12.8 Å². The molecule has 0 aromatic heterocycles. The summed E-state index contributed by atoms with van der Waals surface area (Å²) in [5.74, 6) is -0.632. The topological polar surface area (TPSA) is 72.8 Å². The van der Waals surface area contributed by atoms with Crippen LogP contribution in [0.1, 0.15) is 142 Å². The minimum Gasteiger partial charge on any atom is -0.463 e. The predicted molar refractivity (Wildman–Crippen MR) is 205 cm³/mol. The van der Waals surface area contributed by atoms with Gasteiger partial charge in [0.15, 0.2) is 0 Å². The molecule has 0 saturated heterocycles. The summed E-state index contributed by atoms with van der Waals surface area (Å²) in [4.78, 5) is 23.9. The van der Waals surface area contributed by atoms with Crippen LogP contribution < -0.4 is 0 Å². The van der Waals surface area contributed by atoms with Gasteiger partial charge >= 0.3 is 11.9 Å². The number of allylic oxidation sites excluding steroid dienone is 16. The van der Waals surface area contributed by atoms with Gasteiger partial charge in [-0.1, -0.05) is 137 Å². The second kappa shape index (κ2) is 38.3. The molecule has 0 bridgehead atoms. The average molecular weight is 665 g/mol. The first-order valence-corrected chi connectivity index (χ1v) is 18.8. The highest BCUT2D eigenvalue weighted by Crippen LogP contribution is 2.09. The van der Waals surface area contributed by atoms with Gasteiger partial charge in [-0.25, -0.2) is 0 Å². The van der Waals surface area contributed by atoms with E-state index in [0.29, 0.717) is 12.8 Å². The van der Waals surface area contributed by atoms with Gasteiger partial charge in [-0.2, -0.15) is 0 Å². The third-order valence-corrected chi connectivity index (χ3v) is 7.31. The summed E-state index contributed by atoms with van der Waals surface area (Å²) < 4.78 is 10.3. The van der Waals surface area contributed by atoms with Gasteiger partial charge in [0.25, 0.3) is 0 Å². The smallest absolute Gasteiger partial charge is 0.305 e. The second-order valence-corrected chi connectivity index (χ2v) is 11.9. The van der Waals surface area contributed by atoms with Crippen LogP contribution in [-0.2, 0) is 19.1 Å². The number of aliphatic hydroxyl groups excluding tert-OH is 1. The van der Waals surface area contributed by atoms with Gasteiger partial charge in [0.05, 0.1) is 0 Å². The van der Waals surface area contributed by atoms with Crippen LogP contribution in [0, 0.1) is 0 Å². The van der Waals surface area contributed by atoms with Gasteiger partial charge in [0.1, 0.15) is 19.3 Å². The van der Waals surface area contributed by atoms with Crippen LogP contribution in [0.15, 0.2) is 97.2 Å². The van der Waals surface area contributed by atoms with E-state index in [0.717, 1.165) is 109 Å². The summed E-state index contributed by atoms with van der Waals surface area (Å²) in [5, 5.41) is 10.00. The van der Waals surface area contributed by atoms with Crippen molar-refractivity contribution in [3.8, 4) is 0 Å². The Morgan fingerprint density at radius 1 is 0.438 bits per heavy atom. The summed E-state index contributed by atoms with van der Waals surface area (Å²) in [5.41, 5.74) is 0. The van der Waals surface area contributed by atoms with Crippen molar-refractivity contribution >= 4 is 11.9 Å². The molecule has 0 unspecified atom stereocenters. The highest BCUT2D eigenvalue weighted by atomic mass is 16.6. The van der Waals surface area contributed by atoms with E-state index in [1.807, 2.05) is 0 Å². The Labute approximate surface area is 294 Å². The first-order valence-electron chi connectivity index (χ1n) is 18.8. The van der Waals surface area contributed by atoms with Gasteiger partial charge in [-0.05, 0) is 89.9 Å². The van der Waals surface area contributed by atoms with Crippen LogP contribution in [0.4, 0.5) is 0 Å². The SMILES string of the molecule is CC/C=C\C/C=C\C/C=C\C/C=C\C/C=C\CCCCCC(=O)OC[C@H](O)COC(=O)CCCCCCC/C=C\C/C=C\C/C=C\CC. The van der Waals surface area contributed by atoms with Crippen LogP contribution in [-0.4, -0.2) is 36.4 Å². The third kappa shape index (κ3) is 37.3. The van der Waals surface area contributed by atoms with E-state index in [1.165, 1.54) is 6.42 Å². The van der Waals surface area contributed by atoms with E-state index in [9.17, 15) is 14.7 Å². The van der Waals surface area contributed by atoms with E-state index in [2.05, 4.69) is 111 Å². The molecule has 270 valence electrons. The maximum Gasteiger partial charge on any atom is 0.305 e. The lowest BCUT2D eigenvalue weighted by atomic mass is 10.1. The highest BCUT2D eigenvalue weighted by molar-refractivity contribution is 5.69. The van der Waals surface area contributed by atoms with Crippen molar-refractivity contribution in [1.82, 2.24) is 0 Å². The fourth-order valence-corrected chi connectivity index (χ4v) is 4.54. The van der Waals surface area contributed by atoms with E-state index in [1.54, 1.807) is 0 Å². The summed E-state index contributed by atoms with van der Waals surface area (Å²) in [6.45, 7) is 4.01. The number of unbranched alkanes of at least 4 members (excludes halogenated alkanes) is 8. The number of carbonyl (C=O) groups excluding carboxylic acids is 2. The number of hydrogen-bond donors (Lipinski definition) is 1. The molecule has 0 radical (unpaired) electrons. The minimum absolute atomic E-state index is 0.143. The molecule has 1 atom stereocenters. The van der Waals surface area contributed by atoms with Gasteiger partial charge < -0.3 is 14.6 Å². The summed E-state index contributed by atoms with van der Waals surface area (Å²) >= 11 is 0. The van der Waals surface area contributed by atoms with E-state index < -0.39 is 6.10 Å². The lowest BCUT2D eigenvalue weighted by molar-refractivity contribution is -0.152. The summed E-state index contributed by atoms with van der Waals surface area (Å²) in [7, 11) is 0. The van der Waals surface area contributed by atoms with Crippen LogP contribution >= 0.6 is 0 Å². The minimum atomic E-state index is -0.991. The molecule has 0 amide bonds. The molecule has 0 aromatic carbocycles. The Bertz CT molecular complexity index is 979. The molecule has 0 aliphatic heterocycles. The molecule has 0 fully saturated rings. The highest BCUT2D eigenvalue weighted by Gasteiger charge is 2.12. The molecule has 0 aliphatic rings. The number of carbonyl (C=O) groups is 2. The Balaban J connectivity index is 3.59. The Morgan fingerprint density at radius 3 is 1.10 bits per heavy atom. The van der Waals surface area contributed by atoms with Crippen molar-refractivity contribution in [2.24, 2.45) is 0 Å². The Kier molecular flexibility index (Phi) is 35.7. The normalized spacial score (nSPS) is 13.3. The van der Waals surface area contributed by atoms with Gasteiger partial charge in [-0.3, -0.25) is 9.59 Å². The molecule has 0 aliphatic carbocycles. The number of hydrogen-bond acceptors (Lipinski definition) is 5. The van der Waals surface area contributed by atoms with Crippen LogP contribution in [0.2, 0.25) is 0 Å². The van der Waals surface area contributed by atoms with Crippen molar-refractivity contribution in [3.05, 3.63) is 97.2 Å². The lowest BCUT2D eigenvalue weighted by Gasteiger charge is -2.12. The molecule has 1 N–H and O–H groups in total. The fraction of sp³-hybridized carbons (Fsp3) is 0.581. The molecular formula is C43H68O5. The Morgan fingerprint density at radius 2 is 0.729 bits per heavy atom. The van der Waals surface area contributed by atoms with Crippen molar-refractivity contribution < 1.29 is 24.2 Å². The van der Waals surface area contributed by atoms with E-state index >= 15 is 0 Å². The average Bonchev–Trinajstić information content (AvgIpc) is 3.09. The molecule has 0 spiro atoms. The summed E-state index contributed by atoms with van der Waals surface area (Å²) in [6.07, 6.45) is 53.1. The molecule has 5 heteroatoms. The molecule has 0 aromatic rings. The molecule has 5 nitrogen and oxygen atoms in total. The van der Waals surface area contributed by atoms with Crippen molar-refractivity contribution in [1.29, 1.82) is 0 Å². The predicted octanol–water partition coefficient (Wildman–Crippen LogP) is 11.7. The van der Waals surface area contributed by atoms with Crippen molar-refractivity contribution in [2.45, 2.75) is 148 Å². The van der Waals surface area contributed by atoms with Gasteiger partial charge in [-0.15, -0.1) is 0 Å². The summed E-state index contributed by atoms with van der Waals surface area (Å²) in [6, 6.07) is 0. The van der Waals surface area contributed by atoms with Crippen LogP contribution in [0.3, 0.4) is 0 Å². The maximum atomic E-state index is 12.0. The van der Waals surface area contributed by atoms with Crippen LogP contribution in [0.5, 0.6) is 0 Å². The fourth-order valence-electron chi connectivity index (χ4n) is 4.54. The largest absolute Gasteiger partial charge is 0.463 e. The van der Waals surface area contributed by atoms with Crippen molar-refractivity contribution in [2.75, 3.05) is 13.2 Å². The molecule has 0 rings (SSSR count). The quantitative estimate of drug-likeness (QED) is 0.0440. The monoisotopic (exact) mass is 665 g/mol.